The van der Waals surface area contributed by atoms with Crippen LogP contribution in [0.5, 0.6) is 0 Å². The van der Waals surface area contributed by atoms with E-state index in [9.17, 15) is 4.39 Å². The van der Waals surface area contributed by atoms with Gasteiger partial charge in [-0.05, 0) is 54.8 Å². The van der Waals surface area contributed by atoms with Gasteiger partial charge in [0, 0.05) is 11.3 Å². The summed E-state index contributed by atoms with van der Waals surface area (Å²) in [5, 5.41) is 9.84. The lowest BCUT2D eigenvalue weighted by Gasteiger charge is -2.14. The molecular formula is C19H15FNO. The molecule has 3 rings (SSSR count). The molecule has 3 aromatic rings. The number of furan rings is 1. The second kappa shape index (κ2) is 5.65. The predicted molar refractivity (Wildman–Crippen MR) is 83.9 cm³/mol. The molecule has 1 radical (unpaired) electrons. The zero-order valence-corrected chi connectivity index (χ0v) is 12.3. The van der Waals surface area contributed by atoms with Crippen LogP contribution in [-0.2, 0) is 0 Å². The fourth-order valence-corrected chi connectivity index (χ4v) is 2.82. The third-order valence-electron chi connectivity index (χ3n) is 3.96. The monoisotopic (exact) mass is 292 g/mol. The maximum Gasteiger partial charge on any atom is 0.134 e. The van der Waals surface area contributed by atoms with Gasteiger partial charge < -0.3 is 4.42 Å². The summed E-state index contributed by atoms with van der Waals surface area (Å²) in [6.07, 6.45) is 0.595. The topological polar surface area (TPSA) is 36.9 Å². The molecule has 0 fully saturated rings. The second-order valence-electron chi connectivity index (χ2n) is 5.31. The molecule has 1 heterocycles. The second-order valence-corrected chi connectivity index (χ2v) is 5.31. The molecule has 2 nitrogen and oxygen atoms in total. The van der Waals surface area contributed by atoms with Gasteiger partial charge >= 0.3 is 0 Å². The Bertz CT molecular complexity index is 873. The van der Waals surface area contributed by atoms with E-state index in [1.165, 1.54) is 12.1 Å². The maximum absolute atomic E-state index is 13.4. The minimum Gasteiger partial charge on any atom is -0.460 e. The average Bonchev–Trinajstić information content (AvgIpc) is 2.85. The number of nitrogens with zero attached hydrogens (tertiary/aromatic N) is 1. The Hall–Kier alpha value is -2.60. The molecule has 0 amide bonds. The predicted octanol–water partition coefficient (Wildman–Crippen LogP) is 5.11. The van der Waals surface area contributed by atoms with Crippen molar-refractivity contribution in [1.29, 1.82) is 5.26 Å². The number of fused-ring (bicyclic) bond motifs is 1. The van der Waals surface area contributed by atoms with Crippen molar-refractivity contribution in [2.45, 2.75) is 19.3 Å². The molecular weight excluding hydrogens is 277 g/mol. The highest BCUT2D eigenvalue weighted by Gasteiger charge is 2.21. The molecule has 0 aliphatic heterocycles. The molecule has 1 atom stereocenters. The normalized spacial score (nSPS) is 12.3. The van der Waals surface area contributed by atoms with Crippen LogP contribution in [0.25, 0.3) is 11.0 Å². The summed E-state index contributed by atoms with van der Waals surface area (Å²) < 4.78 is 19.4. The van der Waals surface area contributed by atoms with Crippen LogP contribution in [0.4, 0.5) is 4.39 Å². The summed E-state index contributed by atoms with van der Waals surface area (Å²) in [6, 6.07) is 14.1. The number of nitriles is 1. The molecule has 1 aromatic heterocycles. The maximum atomic E-state index is 13.4. The number of rotatable bonds is 3. The molecule has 0 saturated heterocycles. The van der Waals surface area contributed by atoms with Gasteiger partial charge in [0.1, 0.15) is 17.2 Å². The van der Waals surface area contributed by atoms with Gasteiger partial charge in [0.15, 0.2) is 0 Å². The lowest BCUT2D eigenvalue weighted by Crippen LogP contribution is -2.00. The van der Waals surface area contributed by atoms with Crippen LogP contribution < -0.4 is 0 Å². The summed E-state index contributed by atoms with van der Waals surface area (Å²) in [5.74, 6) is 0.454. The SMILES string of the molecule is [CH2]CC(c1cccc(C#N)c1)c1oc2ccc(F)cc2c1C. The molecule has 0 N–H and O–H groups in total. The number of benzene rings is 2. The molecule has 1 unspecified atom stereocenters. The summed E-state index contributed by atoms with van der Waals surface area (Å²) in [4.78, 5) is 0. The van der Waals surface area contributed by atoms with Gasteiger partial charge in [-0.15, -0.1) is 0 Å². The van der Waals surface area contributed by atoms with Crippen molar-refractivity contribution in [2.75, 3.05) is 0 Å². The van der Waals surface area contributed by atoms with Crippen molar-refractivity contribution in [1.82, 2.24) is 0 Å². The van der Waals surface area contributed by atoms with Crippen molar-refractivity contribution in [3.63, 3.8) is 0 Å². The minimum absolute atomic E-state index is 0.0521. The van der Waals surface area contributed by atoms with Gasteiger partial charge in [-0.3, -0.25) is 0 Å². The van der Waals surface area contributed by atoms with E-state index in [0.717, 1.165) is 22.3 Å². The van der Waals surface area contributed by atoms with Gasteiger partial charge in [0.2, 0.25) is 0 Å². The molecule has 2 aromatic carbocycles. The van der Waals surface area contributed by atoms with Crippen LogP contribution >= 0.6 is 0 Å². The van der Waals surface area contributed by atoms with Gasteiger partial charge in [0.05, 0.1) is 11.6 Å². The third kappa shape index (κ3) is 2.37. The molecule has 0 saturated carbocycles. The van der Waals surface area contributed by atoms with Crippen molar-refractivity contribution in [3.05, 3.63) is 77.7 Å². The smallest absolute Gasteiger partial charge is 0.134 e. The molecule has 0 aliphatic carbocycles. The fraction of sp³-hybridized carbons (Fsp3) is 0.158. The van der Waals surface area contributed by atoms with Crippen molar-refractivity contribution in [3.8, 4) is 6.07 Å². The first-order valence-electron chi connectivity index (χ1n) is 7.12. The Kier molecular flexibility index (Phi) is 3.68. The Balaban J connectivity index is 2.14. The molecule has 22 heavy (non-hydrogen) atoms. The summed E-state index contributed by atoms with van der Waals surface area (Å²) >= 11 is 0. The van der Waals surface area contributed by atoms with Crippen LogP contribution in [0.15, 0.2) is 46.9 Å². The minimum atomic E-state index is -0.277. The van der Waals surface area contributed by atoms with Crippen LogP contribution in [0.2, 0.25) is 0 Å². The van der Waals surface area contributed by atoms with E-state index in [2.05, 4.69) is 13.0 Å². The average molecular weight is 292 g/mol. The van der Waals surface area contributed by atoms with E-state index in [1.54, 1.807) is 12.1 Å². The Morgan fingerprint density at radius 2 is 2.09 bits per heavy atom. The lowest BCUT2D eigenvalue weighted by molar-refractivity contribution is 0.515. The van der Waals surface area contributed by atoms with Crippen LogP contribution in [0.3, 0.4) is 0 Å². The first kappa shape index (κ1) is 14.3. The first-order valence-corrected chi connectivity index (χ1v) is 7.12. The summed E-state index contributed by atoms with van der Waals surface area (Å²) in [5.41, 5.74) is 3.18. The first-order chi connectivity index (χ1) is 10.6. The molecule has 0 spiro atoms. The highest BCUT2D eigenvalue weighted by atomic mass is 19.1. The number of hydrogen-bond donors (Lipinski definition) is 0. The highest BCUT2D eigenvalue weighted by Crippen LogP contribution is 2.36. The van der Waals surface area contributed by atoms with E-state index in [0.29, 0.717) is 17.6 Å². The zero-order valence-electron chi connectivity index (χ0n) is 12.3. The summed E-state index contributed by atoms with van der Waals surface area (Å²) in [7, 11) is 0. The molecule has 109 valence electrons. The Morgan fingerprint density at radius 1 is 1.27 bits per heavy atom. The van der Waals surface area contributed by atoms with Crippen LogP contribution in [0, 0.1) is 31.0 Å². The van der Waals surface area contributed by atoms with E-state index < -0.39 is 0 Å². The van der Waals surface area contributed by atoms with Gasteiger partial charge in [-0.2, -0.15) is 5.26 Å². The highest BCUT2D eigenvalue weighted by molar-refractivity contribution is 5.82. The summed E-state index contributed by atoms with van der Waals surface area (Å²) in [6.45, 7) is 5.93. The quantitative estimate of drug-likeness (QED) is 0.672. The van der Waals surface area contributed by atoms with E-state index in [-0.39, 0.29) is 11.7 Å². The molecule has 3 heteroatoms. The fourth-order valence-electron chi connectivity index (χ4n) is 2.82. The van der Waals surface area contributed by atoms with Crippen molar-refractivity contribution >= 4 is 11.0 Å². The Morgan fingerprint density at radius 3 is 2.82 bits per heavy atom. The molecule has 0 bridgehead atoms. The zero-order chi connectivity index (χ0) is 15.7. The van der Waals surface area contributed by atoms with E-state index in [4.69, 9.17) is 9.68 Å². The van der Waals surface area contributed by atoms with E-state index >= 15 is 0 Å². The van der Waals surface area contributed by atoms with Crippen LogP contribution in [-0.4, -0.2) is 0 Å². The van der Waals surface area contributed by atoms with Crippen molar-refractivity contribution in [2.24, 2.45) is 0 Å². The Labute approximate surface area is 128 Å². The van der Waals surface area contributed by atoms with Gasteiger partial charge in [-0.25, -0.2) is 4.39 Å². The standard InChI is InChI=1S/C19H15FNO/c1-3-16(14-6-4-5-13(9-14)11-21)19-12(2)17-10-15(20)7-8-18(17)22-19/h4-10,16H,1,3H2,2H3. The van der Waals surface area contributed by atoms with Crippen LogP contribution in [0.1, 0.15) is 34.8 Å². The van der Waals surface area contributed by atoms with E-state index in [1.807, 2.05) is 25.1 Å². The van der Waals surface area contributed by atoms with Gasteiger partial charge in [-0.1, -0.05) is 19.1 Å². The third-order valence-corrected chi connectivity index (χ3v) is 3.96. The number of aryl methyl sites for hydroxylation is 1. The lowest BCUT2D eigenvalue weighted by atomic mass is 9.90. The number of halogens is 1. The number of hydrogen-bond acceptors (Lipinski definition) is 2. The molecule has 0 aliphatic rings. The van der Waals surface area contributed by atoms with Crippen molar-refractivity contribution < 1.29 is 8.81 Å². The van der Waals surface area contributed by atoms with Gasteiger partial charge in [0.25, 0.3) is 0 Å². The largest absolute Gasteiger partial charge is 0.460 e.